The Labute approximate surface area is 98.0 Å². The first-order valence-electron chi connectivity index (χ1n) is 4.95. The zero-order chi connectivity index (χ0) is 10.1. The highest BCUT2D eigenvalue weighted by Gasteiger charge is 2.17. The molecule has 0 saturated heterocycles. The van der Waals surface area contributed by atoms with E-state index in [0.29, 0.717) is 6.04 Å². The minimum atomic E-state index is 0.621. The smallest absolute Gasteiger partial charge is 0.0552 e. The molecule has 0 aromatic heterocycles. The monoisotopic (exact) mass is 273 g/mol. The van der Waals surface area contributed by atoms with E-state index in [0.717, 1.165) is 15.9 Å². The molecule has 1 N–H and O–H groups in total. The van der Waals surface area contributed by atoms with Crippen LogP contribution >= 0.6 is 27.5 Å². The Morgan fingerprint density at radius 1 is 1.57 bits per heavy atom. The Morgan fingerprint density at radius 3 is 3.07 bits per heavy atom. The maximum absolute atomic E-state index is 6.04. The van der Waals surface area contributed by atoms with Gasteiger partial charge in [0.25, 0.3) is 0 Å². The van der Waals surface area contributed by atoms with E-state index in [1.54, 1.807) is 0 Å². The van der Waals surface area contributed by atoms with Gasteiger partial charge in [-0.15, -0.1) is 0 Å². The minimum Gasteiger partial charge on any atom is -0.382 e. The lowest BCUT2D eigenvalue weighted by Gasteiger charge is -2.26. The SMILES string of the molecule is CCC1CCc2cc(Cl)c(Br)cc2N1. The van der Waals surface area contributed by atoms with Crippen LogP contribution in [0, 0.1) is 0 Å². The zero-order valence-electron chi connectivity index (χ0n) is 8.11. The van der Waals surface area contributed by atoms with Crippen LogP contribution in [0.3, 0.4) is 0 Å². The molecule has 0 saturated carbocycles. The van der Waals surface area contributed by atoms with Crippen molar-refractivity contribution in [2.24, 2.45) is 0 Å². The quantitative estimate of drug-likeness (QED) is 0.808. The predicted octanol–water partition coefficient (Wildman–Crippen LogP) is 4.24. The predicted molar refractivity (Wildman–Crippen MR) is 65.2 cm³/mol. The van der Waals surface area contributed by atoms with Crippen molar-refractivity contribution in [1.29, 1.82) is 0 Å². The number of nitrogens with one attached hydrogen (secondary N) is 1. The molecule has 2 rings (SSSR count). The first-order chi connectivity index (χ1) is 6.70. The molecule has 0 amide bonds. The van der Waals surface area contributed by atoms with Crippen LogP contribution in [0.4, 0.5) is 5.69 Å². The summed E-state index contributed by atoms with van der Waals surface area (Å²) in [4.78, 5) is 0. The molecule has 1 aliphatic rings. The highest BCUT2D eigenvalue weighted by Crippen LogP contribution is 2.33. The summed E-state index contributed by atoms with van der Waals surface area (Å²) in [5, 5.41) is 4.33. The first-order valence-corrected chi connectivity index (χ1v) is 6.12. The largest absolute Gasteiger partial charge is 0.382 e. The number of hydrogen-bond acceptors (Lipinski definition) is 1. The number of fused-ring (bicyclic) bond motifs is 1. The second kappa shape index (κ2) is 4.11. The summed E-state index contributed by atoms with van der Waals surface area (Å²) in [6.45, 7) is 2.22. The average molecular weight is 275 g/mol. The van der Waals surface area contributed by atoms with Crippen molar-refractivity contribution >= 4 is 33.2 Å². The molecule has 3 heteroatoms. The van der Waals surface area contributed by atoms with Crippen LogP contribution in [-0.4, -0.2) is 6.04 Å². The lowest BCUT2D eigenvalue weighted by atomic mass is 9.97. The van der Waals surface area contributed by atoms with Gasteiger partial charge in [0.05, 0.1) is 5.02 Å². The fourth-order valence-corrected chi connectivity index (χ4v) is 2.39. The van der Waals surface area contributed by atoms with E-state index in [1.165, 1.54) is 24.1 Å². The minimum absolute atomic E-state index is 0.621. The van der Waals surface area contributed by atoms with Crippen LogP contribution in [0.5, 0.6) is 0 Å². The molecule has 1 heterocycles. The van der Waals surface area contributed by atoms with Gasteiger partial charge in [-0.05, 0) is 52.9 Å². The number of halogens is 2. The van der Waals surface area contributed by atoms with Crippen LogP contribution in [0.1, 0.15) is 25.3 Å². The second-order valence-electron chi connectivity index (χ2n) is 3.71. The Morgan fingerprint density at radius 2 is 2.36 bits per heavy atom. The van der Waals surface area contributed by atoms with Gasteiger partial charge in [-0.3, -0.25) is 0 Å². The number of anilines is 1. The van der Waals surface area contributed by atoms with Gasteiger partial charge in [0.15, 0.2) is 0 Å². The fraction of sp³-hybridized carbons (Fsp3) is 0.455. The Bertz CT molecular complexity index is 351. The molecule has 14 heavy (non-hydrogen) atoms. The van der Waals surface area contributed by atoms with Crippen LogP contribution in [0.15, 0.2) is 16.6 Å². The molecule has 1 atom stereocenters. The number of rotatable bonds is 1. The van der Waals surface area contributed by atoms with Crippen molar-refractivity contribution in [2.45, 2.75) is 32.2 Å². The maximum atomic E-state index is 6.04. The fourth-order valence-electron chi connectivity index (χ4n) is 1.86. The van der Waals surface area contributed by atoms with Crippen molar-refractivity contribution in [3.8, 4) is 0 Å². The van der Waals surface area contributed by atoms with Crippen molar-refractivity contribution in [2.75, 3.05) is 5.32 Å². The summed E-state index contributed by atoms with van der Waals surface area (Å²) in [5.41, 5.74) is 2.57. The van der Waals surface area contributed by atoms with Gasteiger partial charge < -0.3 is 5.32 Å². The third kappa shape index (κ3) is 1.91. The van der Waals surface area contributed by atoms with E-state index in [1.807, 2.05) is 0 Å². The molecule has 0 spiro atoms. The van der Waals surface area contributed by atoms with Crippen LogP contribution in [0.2, 0.25) is 5.02 Å². The standard InChI is InChI=1S/C11H13BrClN/c1-2-8-4-3-7-5-10(13)9(12)6-11(7)14-8/h5-6,8,14H,2-4H2,1H3. The molecule has 1 aliphatic heterocycles. The first kappa shape index (κ1) is 10.3. The molecule has 1 aromatic rings. The van der Waals surface area contributed by atoms with E-state index >= 15 is 0 Å². The highest BCUT2D eigenvalue weighted by molar-refractivity contribution is 9.10. The van der Waals surface area contributed by atoms with Crippen molar-refractivity contribution in [3.63, 3.8) is 0 Å². The van der Waals surface area contributed by atoms with Crippen LogP contribution < -0.4 is 5.32 Å². The summed E-state index contributed by atoms with van der Waals surface area (Å²) in [5.74, 6) is 0. The Hall–Kier alpha value is -0.210. The summed E-state index contributed by atoms with van der Waals surface area (Å²) in [7, 11) is 0. The van der Waals surface area contributed by atoms with Crippen LogP contribution in [0.25, 0.3) is 0 Å². The van der Waals surface area contributed by atoms with Crippen molar-refractivity contribution < 1.29 is 0 Å². The van der Waals surface area contributed by atoms with E-state index < -0.39 is 0 Å². The third-order valence-corrected chi connectivity index (χ3v) is 3.96. The topological polar surface area (TPSA) is 12.0 Å². The van der Waals surface area contributed by atoms with Gasteiger partial charge >= 0.3 is 0 Å². The lowest BCUT2D eigenvalue weighted by Crippen LogP contribution is -2.24. The molecule has 0 fully saturated rings. The van der Waals surface area contributed by atoms with E-state index in [9.17, 15) is 0 Å². The normalized spacial score (nSPS) is 20.1. The highest BCUT2D eigenvalue weighted by atomic mass is 79.9. The summed E-state index contributed by atoms with van der Waals surface area (Å²) < 4.78 is 0.974. The summed E-state index contributed by atoms with van der Waals surface area (Å²) in [6, 6.07) is 4.76. The molecular weight excluding hydrogens is 261 g/mol. The maximum Gasteiger partial charge on any atom is 0.0552 e. The van der Waals surface area contributed by atoms with E-state index in [4.69, 9.17) is 11.6 Å². The molecule has 0 radical (unpaired) electrons. The third-order valence-electron chi connectivity index (χ3n) is 2.76. The van der Waals surface area contributed by atoms with Gasteiger partial charge in [0.1, 0.15) is 0 Å². The van der Waals surface area contributed by atoms with Gasteiger partial charge in [0, 0.05) is 16.2 Å². The molecule has 1 aromatic carbocycles. The van der Waals surface area contributed by atoms with Crippen molar-refractivity contribution in [3.05, 3.63) is 27.2 Å². The molecule has 1 nitrogen and oxygen atoms in total. The van der Waals surface area contributed by atoms with Crippen LogP contribution in [-0.2, 0) is 6.42 Å². The van der Waals surface area contributed by atoms with Gasteiger partial charge in [0.2, 0.25) is 0 Å². The molecule has 0 bridgehead atoms. The number of benzene rings is 1. The Balaban J connectivity index is 2.33. The lowest BCUT2D eigenvalue weighted by molar-refractivity contribution is 0.614. The number of hydrogen-bond donors (Lipinski definition) is 1. The van der Waals surface area contributed by atoms with E-state index in [2.05, 4.69) is 40.3 Å². The zero-order valence-corrected chi connectivity index (χ0v) is 10.5. The molecule has 1 unspecified atom stereocenters. The summed E-state index contributed by atoms with van der Waals surface area (Å²) in [6.07, 6.45) is 3.52. The molecular formula is C11H13BrClN. The van der Waals surface area contributed by atoms with E-state index in [-0.39, 0.29) is 0 Å². The molecule has 0 aliphatic carbocycles. The summed E-state index contributed by atoms with van der Waals surface area (Å²) >= 11 is 9.49. The number of aryl methyl sites for hydroxylation is 1. The Kier molecular flexibility index (Phi) is 3.03. The van der Waals surface area contributed by atoms with Crippen molar-refractivity contribution in [1.82, 2.24) is 0 Å². The van der Waals surface area contributed by atoms with Gasteiger partial charge in [-0.2, -0.15) is 0 Å². The van der Waals surface area contributed by atoms with Gasteiger partial charge in [-0.1, -0.05) is 18.5 Å². The average Bonchev–Trinajstić information content (AvgIpc) is 2.19. The van der Waals surface area contributed by atoms with Gasteiger partial charge in [-0.25, -0.2) is 0 Å². The second-order valence-corrected chi connectivity index (χ2v) is 4.97. The molecule has 76 valence electrons.